The number of aromatic nitrogens is 5. The van der Waals surface area contributed by atoms with Crippen LogP contribution in [0.5, 0.6) is 0 Å². The standard InChI is InChI=1S/C28H33FN6O/c1-16(2)22-23-21(33-25(22)19-8-17(3)27-31-15-32-35(27)10-19)9-30-26(24(23)29)18-4-6-20(7-5-18)34-11-28(12-34)13-36-14-28/h8-10,15-16,18,20,33H,4-7,11-14H2,1-3H3. The molecule has 2 aliphatic heterocycles. The van der Waals surface area contributed by atoms with Gasteiger partial charge < -0.3 is 9.72 Å². The van der Waals surface area contributed by atoms with Crippen molar-refractivity contribution in [3.63, 3.8) is 0 Å². The van der Waals surface area contributed by atoms with Crippen LogP contribution >= 0.6 is 0 Å². The molecular weight excluding hydrogens is 455 g/mol. The highest BCUT2D eigenvalue weighted by Crippen LogP contribution is 2.44. The third kappa shape index (κ3) is 3.34. The lowest BCUT2D eigenvalue weighted by Crippen LogP contribution is -2.68. The molecule has 4 aromatic heterocycles. The van der Waals surface area contributed by atoms with Crippen molar-refractivity contribution in [2.75, 3.05) is 26.3 Å². The molecule has 188 valence electrons. The molecule has 1 N–H and O–H groups in total. The third-order valence-electron chi connectivity index (χ3n) is 8.76. The summed E-state index contributed by atoms with van der Waals surface area (Å²) in [6, 6.07) is 2.73. The van der Waals surface area contributed by atoms with Gasteiger partial charge in [0.2, 0.25) is 0 Å². The highest BCUT2D eigenvalue weighted by molar-refractivity contribution is 5.92. The lowest BCUT2D eigenvalue weighted by molar-refractivity contribution is -0.200. The zero-order valence-corrected chi connectivity index (χ0v) is 21.2. The highest BCUT2D eigenvalue weighted by atomic mass is 19.1. The second-order valence-corrected chi connectivity index (χ2v) is 11.7. The number of aryl methyl sites for hydroxylation is 1. The van der Waals surface area contributed by atoms with Gasteiger partial charge in [-0.25, -0.2) is 13.9 Å². The van der Waals surface area contributed by atoms with E-state index in [1.165, 1.54) is 13.1 Å². The predicted octanol–water partition coefficient (Wildman–Crippen LogP) is 5.20. The molecule has 4 aromatic rings. The number of rotatable bonds is 4. The molecule has 8 heteroatoms. The molecule has 1 saturated carbocycles. The number of likely N-dealkylation sites (tertiary alicyclic amines) is 1. The van der Waals surface area contributed by atoms with Gasteiger partial charge in [0.15, 0.2) is 11.5 Å². The maximum Gasteiger partial charge on any atom is 0.158 e. The first-order valence-electron chi connectivity index (χ1n) is 13.2. The van der Waals surface area contributed by atoms with Gasteiger partial charge in [-0.05, 0) is 55.7 Å². The van der Waals surface area contributed by atoms with Crippen molar-refractivity contribution in [3.8, 4) is 11.3 Å². The Morgan fingerprint density at radius 2 is 1.92 bits per heavy atom. The minimum absolute atomic E-state index is 0.143. The highest BCUT2D eigenvalue weighted by Gasteiger charge is 2.51. The molecule has 0 radical (unpaired) electrons. The second kappa shape index (κ2) is 8.08. The largest absolute Gasteiger partial charge is 0.380 e. The van der Waals surface area contributed by atoms with Crippen LogP contribution in [0.4, 0.5) is 4.39 Å². The van der Waals surface area contributed by atoms with E-state index in [0.29, 0.717) is 22.5 Å². The normalized spacial score (nSPS) is 24.0. The van der Waals surface area contributed by atoms with Crippen molar-refractivity contribution in [1.29, 1.82) is 0 Å². The van der Waals surface area contributed by atoms with E-state index in [1.807, 2.05) is 19.3 Å². The maximum absolute atomic E-state index is 16.2. The Kier molecular flexibility index (Phi) is 5.02. The average Bonchev–Trinajstić information content (AvgIpc) is 3.43. The average molecular weight is 489 g/mol. The fourth-order valence-corrected chi connectivity index (χ4v) is 6.87. The van der Waals surface area contributed by atoms with Crippen LogP contribution in [0.1, 0.15) is 68.2 Å². The molecule has 7 nitrogen and oxygen atoms in total. The van der Waals surface area contributed by atoms with Gasteiger partial charge in [-0.2, -0.15) is 5.10 Å². The van der Waals surface area contributed by atoms with E-state index in [-0.39, 0.29) is 17.7 Å². The molecule has 2 saturated heterocycles. The SMILES string of the molecule is Cc1cc(-c2[nH]c3cnc(C4CCC(N5CC6(COC6)C5)CC4)c(F)c3c2C(C)C)cn2ncnc12. The Morgan fingerprint density at radius 1 is 1.14 bits per heavy atom. The van der Waals surface area contributed by atoms with Gasteiger partial charge in [0.1, 0.15) is 6.33 Å². The van der Waals surface area contributed by atoms with Crippen molar-refractivity contribution >= 4 is 16.6 Å². The molecule has 36 heavy (non-hydrogen) atoms. The van der Waals surface area contributed by atoms with Crippen molar-refractivity contribution in [1.82, 2.24) is 29.5 Å². The van der Waals surface area contributed by atoms with E-state index in [2.05, 4.69) is 44.9 Å². The Hall–Kier alpha value is -2.84. The van der Waals surface area contributed by atoms with Gasteiger partial charge in [0.25, 0.3) is 0 Å². The van der Waals surface area contributed by atoms with Crippen LogP contribution in [0.15, 0.2) is 24.8 Å². The van der Waals surface area contributed by atoms with Crippen LogP contribution < -0.4 is 0 Å². The van der Waals surface area contributed by atoms with Crippen LogP contribution in [0.25, 0.3) is 27.8 Å². The molecule has 0 amide bonds. The van der Waals surface area contributed by atoms with E-state index in [4.69, 9.17) is 4.74 Å². The van der Waals surface area contributed by atoms with E-state index in [0.717, 1.165) is 72.4 Å². The fraction of sp³-hybridized carbons (Fsp3) is 0.536. The summed E-state index contributed by atoms with van der Waals surface area (Å²) >= 11 is 0. The van der Waals surface area contributed by atoms with Gasteiger partial charge in [-0.1, -0.05) is 13.8 Å². The van der Waals surface area contributed by atoms with E-state index in [9.17, 15) is 0 Å². The molecule has 6 heterocycles. The Bertz CT molecular complexity index is 1450. The van der Waals surface area contributed by atoms with Gasteiger partial charge in [-0.3, -0.25) is 9.88 Å². The van der Waals surface area contributed by atoms with Crippen LogP contribution in [0, 0.1) is 18.2 Å². The Balaban J connectivity index is 1.20. The van der Waals surface area contributed by atoms with Crippen LogP contribution in [-0.4, -0.2) is 61.8 Å². The molecule has 7 rings (SSSR count). The van der Waals surface area contributed by atoms with Gasteiger partial charge in [0, 0.05) is 47.6 Å². The molecule has 1 aliphatic carbocycles. The number of nitrogens with one attached hydrogen (secondary N) is 1. The van der Waals surface area contributed by atoms with Crippen LogP contribution in [0.2, 0.25) is 0 Å². The summed E-state index contributed by atoms with van der Waals surface area (Å²) in [4.78, 5) is 15.1. The first kappa shape index (κ1) is 22.4. The molecule has 3 aliphatic rings. The number of pyridine rings is 2. The summed E-state index contributed by atoms with van der Waals surface area (Å²) in [6.07, 6.45) is 9.60. The number of nitrogens with zero attached hydrogens (tertiary/aromatic N) is 5. The number of H-pyrrole nitrogens is 1. The summed E-state index contributed by atoms with van der Waals surface area (Å²) < 4.78 is 23.5. The molecule has 0 aromatic carbocycles. The molecule has 0 atom stereocenters. The minimum Gasteiger partial charge on any atom is -0.380 e. The molecular formula is C28H33FN6O. The van der Waals surface area contributed by atoms with E-state index >= 15 is 4.39 Å². The van der Waals surface area contributed by atoms with Crippen molar-refractivity contribution in [3.05, 3.63) is 47.4 Å². The molecule has 1 spiro atoms. The van der Waals surface area contributed by atoms with Gasteiger partial charge in [-0.15, -0.1) is 0 Å². The summed E-state index contributed by atoms with van der Waals surface area (Å²) in [5, 5.41) is 5.02. The smallest absolute Gasteiger partial charge is 0.158 e. The van der Waals surface area contributed by atoms with Crippen molar-refractivity contribution in [2.24, 2.45) is 5.41 Å². The van der Waals surface area contributed by atoms with Crippen LogP contribution in [-0.2, 0) is 4.74 Å². The topological polar surface area (TPSA) is 71.3 Å². The number of fused-ring (bicyclic) bond motifs is 2. The number of aromatic amines is 1. The molecule has 0 bridgehead atoms. The maximum atomic E-state index is 16.2. The van der Waals surface area contributed by atoms with E-state index in [1.54, 1.807) is 10.8 Å². The van der Waals surface area contributed by atoms with Gasteiger partial charge >= 0.3 is 0 Å². The lowest BCUT2D eigenvalue weighted by atomic mass is 9.74. The number of hydrogen-bond donors (Lipinski definition) is 1. The lowest BCUT2D eigenvalue weighted by Gasteiger charge is -2.58. The molecule has 0 unspecified atom stereocenters. The third-order valence-corrected chi connectivity index (χ3v) is 8.76. The summed E-state index contributed by atoms with van der Waals surface area (Å²) in [7, 11) is 0. The number of ether oxygens (including phenoxy) is 1. The fourth-order valence-electron chi connectivity index (χ4n) is 6.87. The molecule has 3 fully saturated rings. The minimum atomic E-state index is -0.143. The quantitative estimate of drug-likeness (QED) is 0.427. The van der Waals surface area contributed by atoms with Crippen molar-refractivity contribution in [2.45, 2.75) is 64.3 Å². The Labute approximate surface area is 210 Å². The number of hydrogen-bond acceptors (Lipinski definition) is 5. The monoisotopic (exact) mass is 488 g/mol. The zero-order chi connectivity index (χ0) is 24.6. The second-order valence-electron chi connectivity index (χ2n) is 11.7. The zero-order valence-electron chi connectivity index (χ0n) is 21.2. The predicted molar refractivity (Wildman–Crippen MR) is 137 cm³/mol. The first-order valence-corrected chi connectivity index (χ1v) is 13.2. The Morgan fingerprint density at radius 3 is 2.61 bits per heavy atom. The summed E-state index contributed by atoms with van der Waals surface area (Å²) in [5.41, 5.74) is 6.65. The van der Waals surface area contributed by atoms with Gasteiger partial charge in [0.05, 0.1) is 36.3 Å². The van der Waals surface area contributed by atoms with Crippen LogP contribution in [0.3, 0.4) is 0 Å². The van der Waals surface area contributed by atoms with E-state index < -0.39 is 0 Å². The first-order chi connectivity index (χ1) is 17.4. The summed E-state index contributed by atoms with van der Waals surface area (Å²) in [6.45, 7) is 10.5. The number of halogens is 1. The van der Waals surface area contributed by atoms with Crippen molar-refractivity contribution < 1.29 is 9.13 Å². The summed E-state index contributed by atoms with van der Waals surface area (Å²) in [5.74, 6) is 0.186.